The summed E-state index contributed by atoms with van der Waals surface area (Å²) in [6.07, 6.45) is 2.46. The highest BCUT2D eigenvalue weighted by Crippen LogP contribution is 2.40. The van der Waals surface area contributed by atoms with E-state index in [4.69, 9.17) is 16.3 Å². The van der Waals surface area contributed by atoms with Crippen LogP contribution in [0.2, 0.25) is 5.02 Å². The number of oxime groups is 1. The summed E-state index contributed by atoms with van der Waals surface area (Å²) in [5.74, 6) is 0.764. The predicted octanol–water partition coefficient (Wildman–Crippen LogP) is 4.34. The lowest BCUT2D eigenvalue weighted by atomic mass is 9.82. The summed E-state index contributed by atoms with van der Waals surface area (Å²) in [5, 5.41) is 13.6. The molecular weight excluding hydrogens is 336 g/mol. The Morgan fingerprint density at radius 3 is 2.60 bits per heavy atom. The number of halogens is 1. The van der Waals surface area contributed by atoms with Gasteiger partial charge in [0.15, 0.2) is 0 Å². The van der Waals surface area contributed by atoms with Crippen LogP contribution in [-0.4, -0.2) is 34.5 Å². The smallest absolute Gasteiger partial charge is 0.129 e. The zero-order valence-electron chi connectivity index (χ0n) is 14.0. The van der Waals surface area contributed by atoms with Crippen molar-refractivity contribution in [2.24, 2.45) is 5.16 Å². The average Bonchev–Trinajstić information content (AvgIpc) is 2.64. The van der Waals surface area contributed by atoms with Crippen LogP contribution in [0.3, 0.4) is 0 Å². The molecule has 0 aliphatic carbocycles. The first-order chi connectivity index (χ1) is 12.2. The number of fused-ring (bicyclic) bond motifs is 1. The monoisotopic (exact) mass is 356 g/mol. The van der Waals surface area contributed by atoms with Crippen LogP contribution in [0.15, 0.2) is 53.7 Å². The number of benzene rings is 2. The molecule has 2 aliphatic heterocycles. The zero-order valence-corrected chi connectivity index (χ0v) is 14.7. The quantitative estimate of drug-likeness (QED) is 0.643. The number of hydrogen-bond acceptors (Lipinski definition) is 4. The lowest BCUT2D eigenvalue weighted by Crippen LogP contribution is -2.50. The Hall–Kier alpha value is -2.04. The van der Waals surface area contributed by atoms with Gasteiger partial charge in [0.05, 0.1) is 5.71 Å². The highest BCUT2D eigenvalue weighted by molar-refractivity contribution is 6.31. The van der Waals surface area contributed by atoms with Crippen molar-refractivity contribution in [3.63, 3.8) is 0 Å². The molecule has 0 bridgehead atoms. The SMILES string of the molecule is O/N=C1\CC2(CCN(Cc3ccccc3)CC2)Oc2ccc(Cl)cc21. The van der Waals surface area contributed by atoms with Crippen molar-refractivity contribution in [3.8, 4) is 5.75 Å². The van der Waals surface area contributed by atoms with Crippen LogP contribution in [0.25, 0.3) is 0 Å². The maximum Gasteiger partial charge on any atom is 0.129 e. The van der Waals surface area contributed by atoms with Gasteiger partial charge in [-0.15, -0.1) is 0 Å². The van der Waals surface area contributed by atoms with Gasteiger partial charge in [-0.3, -0.25) is 4.90 Å². The third kappa shape index (κ3) is 3.37. The summed E-state index contributed by atoms with van der Waals surface area (Å²) in [5.41, 5.74) is 2.52. The van der Waals surface area contributed by atoms with Crippen LogP contribution in [0, 0.1) is 0 Å². The Morgan fingerprint density at radius 1 is 1.12 bits per heavy atom. The van der Waals surface area contributed by atoms with E-state index in [1.54, 1.807) is 0 Å². The van der Waals surface area contributed by atoms with E-state index in [1.165, 1.54) is 5.56 Å². The molecule has 0 aromatic heterocycles. The normalized spacial score (nSPS) is 21.1. The highest BCUT2D eigenvalue weighted by Gasteiger charge is 2.42. The highest BCUT2D eigenvalue weighted by atomic mass is 35.5. The molecule has 1 saturated heterocycles. The van der Waals surface area contributed by atoms with Crippen molar-refractivity contribution in [2.45, 2.75) is 31.4 Å². The van der Waals surface area contributed by atoms with Gasteiger partial charge in [0, 0.05) is 49.5 Å². The fraction of sp³-hybridized carbons (Fsp3) is 0.350. The largest absolute Gasteiger partial charge is 0.486 e. The molecule has 0 amide bonds. The maximum atomic E-state index is 9.47. The molecule has 25 heavy (non-hydrogen) atoms. The number of nitrogens with zero attached hydrogens (tertiary/aromatic N) is 2. The minimum atomic E-state index is -0.282. The van der Waals surface area contributed by atoms with Crippen molar-refractivity contribution in [3.05, 3.63) is 64.7 Å². The fourth-order valence-corrected chi connectivity index (χ4v) is 3.99. The van der Waals surface area contributed by atoms with Crippen LogP contribution in [0.1, 0.15) is 30.4 Å². The Kier molecular flexibility index (Phi) is 4.40. The van der Waals surface area contributed by atoms with E-state index in [1.807, 2.05) is 24.3 Å². The van der Waals surface area contributed by atoms with Crippen molar-refractivity contribution in [2.75, 3.05) is 13.1 Å². The second-order valence-electron chi connectivity index (χ2n) is 6.91. The first-order valence-corrected chi connectivity index (χ1v) is 9.01. The van der Waals surface area contributed by atoms with Gasteiger partial charge < -0.3 is 9.94 Å². The van der Waals surface area contributed by atoms with Crippen molar-refractivity contribution in [1.82, 2.24) is 4.90 Å². The minimum Gasteiger partial charge on any atom is -0.486 e. The van der Waals surface area contributed by atoms with Gasteiger partial charge in [0.1, 0.15) is 11.4 Å². The van der Waals surface area contributed by atoms with Gasteiger partial charge in [-0.25, -0.2) is 0 Å². The van der Waals surface area contributed by atoms with Crippen LogP contribution in [0.5, 0.6) is 5.75 Å². The molecule has 1 fully saturated rings. The van der Waals surface area contributed by atoms with Crippen LogP contribution in [-0.2, 0) is 6.54 Å². The zero-order chi connectivity index (χ0) is 17.3. The van der Waals surface area contributed by atoms with E-state index in [0.717, 1.165) is 43.8 Å². The molecule has 4 nitrogen and oxygen atoms in total. The van der Waals surface area contributed by atoms with Crippen molar-refractivity contribution < 1.29 is 9.94 Å². The van der Waals surface area contributed by atoms with Gasteiger partial charge in [-0.05, 0) is 23.8 Å². The summed E-state index contributed by atoms with van der Waals surface area (Å²) in [6.45, 7) is 2.90. The number of hydrogen-bond donors (Lipinski definition) is 1. The van der Waals surface area contributed by atoms with E-state index >= 15 is 0 Å². The first kappa shape index (κ1) is 16.4. The molecule has 0 unspecified atom stereocenters. The van der Waals surface area contributed by atoms with Gasteiger partial charge in [-0.2, -0.15) is 0 Å². The van der Waals surface area contributed by atoms with E-state index in [-0.39, 0.29) is 5.60 Å². The predicted molar refractivity (Wildman–Crippen MR) is 98.7 cm³/mol. The van der Waals surface area contributed by atoms with E-state index < -0.39 is 0 Å². The fourth-order valence-electron chi connectivity index (χ4n) is 3.81. The molecule has 2 aromatic carbocycles. The van der Waals surface area contributed by atoms with E-state index in [2.05, 4.69) is 34.3 Å². The molecule has 2 aliphatic rings. The Bertz CT molecular complexity index is 784. The summed E-state index contributed by atoms with van der Waals surface area (Å²) >= 11 is 6.07. The molecule has 0 saturated carbocycles. The molecule has 5 heteroatoms. The van der Waals surface area contributed by atoms with Gasteiger partial charge in [0.2, 0.25) is 0 Å². The number of piperidine rings is 1. The molecule has 1 N–H and O–H groups in total. The molecule has 2 heterocycles. The minimum absolute atomic E-state index is 0.282. The summed E-state index contributed by atoms with van der Waals surface area (Å²) in [4.78, 5) is 2.46. The second-order valence-corrected chi connectivity index (χ2v) is 7.35. The second kappa shape index (κ2) is 6.70. The molecular formula is C20H21ClN2O2. The lowest BCUT2D eigenvalue weighted by molar-refractivity contribution is 0.000433. The number of likely N-dealkylation sites (tertiary alicyclic amines) is 1. The van der Waals surface area contributed by atoms with Crippen LogP contribution < -0.4 is 4.74 Å². The lowest BCUT2D eigenvalue weighted by Gasteiger charge is -2.44. The van der Waals surface area contributed by atoms with Crippen LogP contribution >= 0.6 is 11.6 Å². The molecule has 1 spiro atoms. The Labute approximate surface area is 152 Å². The summed E-state index contributed by atoms with van der Waals surface area (Å²) in [6, 6.07) is 16.0. The van der Waals surface area contributed by atoms with E-state index in [9.17, 15) is 5.21 Å². The molecule has 0 radical (unpaired) electrons. The molecule has 4 rings (SSSR count). The third-order valence-corrected chi connectivity index (χ3v) is 5.44. The third-order valence-electron chi connectivity index (χ3n) is 5.21. The molecule has 130 valence electrons. The van der Waals surface area contributed by atoms with E-state index in [0.29, 0.717) is 17.2 Å². The number of rotatable bonds is 2. The van der Waals surface area contributed by atoms with Crippen molar-refractivity contribution in [1.29, 1.82) is 0 Å². The van der Waals surface area contributed by atoms with Crippen molar-refractivity contribution >= 4 is 17.3 Å². The van der Waals surface area contributed by atoms with Gasteiger partial charge >= 0.3 is 0 Å². The first-order valence-electron chi connectivity index (χ1n) is 8.64. The number of ether oxygens (including phenoxy) is 1. The maximum absolute atomic E-state index is 9.47. The Morgan fingerprint density at radius 2 is 1.88 bits per heavy atom. The summed E-state index contributed by atoms with van der Waals surface area (Å²) < 4.78 is 6.37. The topological polar surface area (TPSA) is 45.1 Å². The summed E-state index contributed by atoms with van der Waals surface area (Å²) in [7, 11) is 0. The Balaban J connectivity index is 1.48. The van der Waals surface area contributed by atoms with Gasteiger partial charge in [-0.1, -0.05) is 47.1 Å². The standard InChI is InChI=1S/C20H21ClN2O2/c21-16-6-7-19-17(12-16)18(22-24)13-20(25-19)8-10-23(11-9-20)14-15-4-2-1-3-5-15/h1-7,12,24H,8-11,13-14H2/b22-18+. The van der Waals surface area contributed by atoms with Gasteiger partial charge in [0.25, 0.3) is 0 Å². The average molecular weight is 357 g/mol. The van der Waals surface area contributed by atoms with Crippen LogP contribution in [0.4, 0.5) is 0 Å². The molecule has 2 aromatic rings. The molecule has 0 atom stereocenters.